The summed E-state index contributed by atoms with van der Waals surface area (Å²) < 4.78 is 0. The molecule has 100 valence electrons. The zero-order chi connectivity index (χ0) is 13.9. The second-order valence-corrected chi connectivity index (χ2v) is 5.23. The van der Waals surface area contributed by atoms with Crippen molar-refractivity contribution >= 4 is 28.3 Å². The normalized spacial score (nSPS) is 12.5. The number of carboxylic acid groups (broad SMARTS) is 1. The fraction of sp³-hybridized carbons (Fsp3) is 0.545. The number of thiazole rings is 1. The summed E-state index contributed by atoms with van der Waals surface area (Å²) in [6, 6.07) is -0.607. The first-order valence-corrected chi connectivity index (χ1v) is 6.48. The van der Waals surface area contributed by atoms with Crippen LogP contribution in [0, 0.1) is 0 Å². The highest BCUT2D eigenvalue weighted by atomic mass is 32.1. The molecule has 18 heavy (non-hydrogen) atoms. The van der Waals surface area contributed by atoms with Crippen LogP contribution in [0.15, 0.2) is 0 Å². The average Bonchev–Trinajstić information content (AvgIpc) is 2.72. The van der Waals surface area contributed by atoms with Crippen molar-refractivity contribution in [2.45, 2.75) is 39.2 Å². The number of carbonyl (C=O) groups is 2. The standard InChI is InChI=1S/C11H17N3O3S/c1-4-6(12)9(15)14-11-13-7(10(16)17)8(18-11)5(2)3/h5-6H,4,12H2,1-3H3,(H,16,17)(H,13,14,15)/t6-/m0/s1. The van der Waals surface area contributed by atoms with Crippen LogP contribution in [-0.2, 0) is 4.79 Å². The van der Waals surface area contributed by atoms with Gasteiger partial charge in [-0.2, -0.15) is 0 Å². The summed E-state index contributed by atoms with van der Waals surface area (Å²) in [5.74, 6) is -1.40. The van der Waals surface area contributed by atoms with E-state index in [-0.39, 0.29) is 22.7 Å². The number of aromatic nitrogens is 1. The summed E-state index contributed by atoms with van der Waals surface area (Å²) in [7, 11) is 0. The molecular formula is C11H17N3O3S. The molecule has 0 aromatic carbocycles. The van der Waals surface area contributed by atoms with Gasteiger partial charge in [-0.3, -0.25) is 4.79 Å². The van der Waals surface area contributed by atoms with Crippen molar-refractivity contribution in [1.29, 1.82) is 0 Å². The third-order valence-corrected chi connectivity index (χ3v) is 3.66. The van der Waals surface area contributed by atoms with Gasteiger partial charge in [0.2, 0.25) is 5.91 Å². The lowest BCUT2D eigenvalue weighted by Crippen LogP contribution is -2.34. The molecule has 0 spiro atoms. The van der Waals surface area contributed by atoms with Gasteiger partial charge in [0.1, 0.15) is 0 Å². The predicted molar refractivity (Wildman–Crippen MR) is 70.1 cm³/mol. The second-order valence-electron chi connectivity index (χ2n) is 4.20. The van der Waals surface area contributed by atoms with Gasteiger partial charge in [0.25, 0.3) is 0 Å². The summed E-state index contributed by atoms with van der Waals surface area (Å²) >= 11 is 1.17. The van der Waals surface area contributed by atoms with Crippen molar-refractivity contribution < 1.29 is 14.7 Å². The summed E-state index contributed by atoms with van der Waals surface area (Å²) in [6.45, 7) is 5.56. The molecule has 7 heteroatoms. The van der Waals surface area contributed by atoms with Gasteiger partial charge >= 0.3 is 5.97 Å². The van der Waals surface area contributed by atoms with E-state index in [1.165, 1.54) is 11.3 Å². The molecule has 0 saturated carbocycles. The highest BCUT2D eigenvalue weighted by Gasteiger charge is 2.21. The molecule has 0 fully saturated rings. The number of nitrogens with one attached hydrogen (secondary N) is 1. The van der Waals surface area contributed by atoms with E-state index >= 15 is 0 Å². The quantitative estimate of drug-likeness (QED) is 0.755. The van der Waals surface area contributed by atoms with Crippen molar-refractivity contribution in [3.8, 4) is 0 Å². The van der Waals surface area contributed by atoms with Crippen molar-refractivity contribution in [2.24, 2.45) is 5.73 Å². The lowest BCUT2D eigenvalue weighted by Gasteiger charge is -2.06. The Hall–Kier alpha value is -1.47. The van der Waals surface area contributed by atoms with Gasteiger partial charge in [0, 0.05) is 4.88 Å². The molecule has 6 nitrogen and oxygen atoms in total. The molecule has 0 unspecified atom stereocenters. The number of anilines is 1. The van der Waals surface area contributed by atoms with Crippen LogP contribution in [0.5, 0.6) is 0 Å². The Labute approximate surface area is 109 Å². The van der Waals surface area contributed by atoms with Crippen LogP contribution in [-0.4, -0.2) is 28.0 Å². The number of hydrogen-bond donors (Lipinski definition) is 3. The minimum Gasteiger partial charge on any atom is -0.476 e. The van der Waals surface area contributed by atoms with E-state index in [1.807, 2.05) is 13.8 Å². The fourth-order valence-corrected chi connectivity index (χ4v) is 2.28. The summed E-state index contributed by atoms with van der Waals surface area (Å²) in [6.07, 6.45) is 0.514. The average molecular weight is 271 g/mol. The Bertz CT molecular complexity index is 456. The van der Waals surface area contributed by atoms with Crippen LogP contribution >= 0.6 is 11.3 Å². The highest BCUT2D eigenvalue weighted by Crippen LogP contribution is 2.29. The third kappa shape index (κ3) is 3.27. The van der Waals surface area contributed by atoms with Crippen LogP contribution in [0.25, 0.3) is 0 Å². The molecule has 1 atom stereocenters. The number of nitrogens with two attached hydrogens (primary N) is 1. The molecule has 0 radical (unpaired) electrons. The van der Waals surface area contributed by atoms with Gasteiger partial charge in [-0.25, -0.2) is 9.78 Å². The number of nitrogens with zero attached hydrogens (tertiary/aromatic N) is 1. The van der Waals surface area contributed by atoms with Crippen molar-refractivity contribution in [3.05, 3.63) is 10.6 Å². The predicted octanol–water partition coefficient (Wildman–Crippen LogP) is 1.64. The van der Waals surface area contributed by atoms with Crippen LogP contribution in [0.1, 0.15) is 48.5 Å². The Morgan fingerprint density at radius 1 is 1.50 bits per heavy atom. The van der Waals surface area contributed by atoms with E-state index in [2.05, 4.69) is 10.3 Å². The summed E-state index contributed by atoms with van der Waals surface area (Å²) in [5, 5.41) is 11.8. The number of hydrogen-bond acceptors (Lipinski definition) is 5. The fourth-order valence-electron chi connectivity index (χ4n) is 1.31. The first-order valence-electron chi connectivity index (χ1n) is 5.67. The molecule has 0 aliphatic carbocycles. The second kappa shape index (κ2) is 5.92. The molecule has 4 N–H and O–H groups in total. The largest absolute Gasteiger partial charge is 0.476 e. The molecule has 0 aliphatic rings. The van der Waals surface area contributed by atoms with Crippen LogP contribution in [0.3, 0.4) is 0 Å². The van der Waals surface area contributed by atoms with E-state index in [0.717, 1.165) is 0 Å². The van der Waals surface area contributed by atoms with Gasteiger partial charge in [0.05, 0.1) is 6.04 Å². The number of rotatable bonds is 5. The van der Waals surface area contributed by atoms with Gasteiger partial charge in [-0.05, 0) is 12.3 Å². The maximum absolute atomic E-state index is 11.6. The van der Waals surface area contributed by atoms with Crippen molar-refractivity contribution in [2.75, 3.05) is 5.32 Å². The lowest BCUT2D eigenvalue weighted by molar-refractivity contribution is -0.117. The zero-order valence-corrected chi connectivity index (χ0v) is 11.4. The van der Waals surface area contributed by atoms with Crippen molar-refractivity contribution in [1.82, 2.24) is 4.98 Å². The van der Waals surface area contributed by atoms with Gasteiger partial charge in [-0.1, -0.05) is 20.8 Å². The molecule has 1 aromatic heterocycles. The van der Waals surface area contributed by atoms with Gasteiger partial charge in [0.15, 0.2) is 10.8 Å². The Balaban J connectivity index is 2.95. The molecule has 1 heterocycles. The molecule has 0 bridgehead atoms. The van der Waals surface area contributed by atoms with E-state index in [1.54, 1.807) is 6.92 Å². The monoisotopic (exact) mass is 271 g/mol. The molecular weight excluding hydrogens is 254 g/mol. The van der Waals surface area contributed by atoms with Crippen LogP contribution in [0.2, 0.25) is 0 Å². The minimum atomic E-state index is -1.09. The van der Waals surface area contributed by atoms with Crippen molar-refractivity contribution in [3.63, 3.8) is 0 Å². The molecule has 1 amide bonds. The number of aromatic carboxylic acids is 1. The summed E-state index contributed by atoms with van der Waals surface area (Å²) in [5.41, 5.74) is 5.57. The minimum absolute atomic E-state index is 0.00429. The lowest BCUT2D eigenvalue weighted by atomic mass is 10.1. The molecule has 1 rings (SSSR count). The summed E-state index contributed by atoms with van der Waals surface area (Å²) in [4.78, 5) is 27.2. The highest BCUT2D eigenvalue weighted by molar-refractivity contribution is 7.16. The maximum atomic E-state index is 11.6. The number of carboxylic acids is 1. The number of carbonyl (C=O) groups excluding carboxylic acids is 1. The molecule has 1 aromatic rings. The SMILES string of the molecule is CC[C@H](N)C(=O)Nc1nc(C(=O)O)c(C(C)C)s1. The van der Waals surface area contributed by atoms with E-state index in [9.17, 15) is 9.59 Å². The number of amides is 1. The van der Waals surface area contributed by atoms with Gasteiger partial charge < -0.3 is 16.2 Å². The van der Waals surface area contributed by atoms with E-state index < -0.39 is 12.0 Å². The van der Waals surface area contributed by atoms with E-state index in [4.69, 9.17) is 10.8 Å². The smallest absolute Gasteiger partial charge is 0.355 e. The Kier molecular flexibility index (Phi) is 4.80. The Morgan fingerprint density at radius 2 is 2.11 bits per heavy atom. The first kappa shape index (κ1) is 14.6. The zero-order valence-electron chi connectivity index (χ0n) is 10.6. The molecule has 0 aliphatic heterocycles. The topological polar surface area (TPSA) is 105 Å². The van der Waals surface area contributed by atoms with Crippen LogP contribution < -0.4 is 11.1 Å². The Morgan fingerprint density at radius 3 is 2.50 bits per heavy atom. The van der Waals surface area contributed by atoms with Gasteiger partial charge in [-0.15, -0.1) is 11.3 Å². The van der Waals surface area contributed by atoms with E-state index in [0.29, 0.717) is 11.3 Å². The maximum Gasteiger partial charge on any atom is 0.355 e. The first-order chi connectivity index (χ1) is 8.36. The third-order valence-electron chi connectivity index (χ3n) is 2.39. The van der Waals surface area contributed by atoms with Crippen LogP contribution in [0.4, 0.5) is 5.13 Å². The molecule has 0 saturated heterocycles.